The number of thiazole rings is 1. The number of pyridine rings is 1. The molecule has 3 aromatic heterocycles. The van der Waals surface area contributed by atoms with E-state index in [0.717, 1.165) is 52.0 Å². The number of anilines is 1. The van der Waals surface area contributed by atoms with Gasteiger partial charge >= 0.3 is 11.8 Å². The zero-order valence-electron chi connectivity index (χ0n) is 20.1. The first-order chi connectivity index (χ1) is 16.9. The quantitative estimate of drug-likeness (QED) is 0.413. The summed E-state index contributed by atoms with van der Waals surface area (Å²) < 4.78 is 1.14. The second-order valence-electron chi connectivity index (χ2n) is 9.52. The van der Waals surface area contributed by atoms with E-state index in [1.165, 1.54) is 6.20 Å². The molecule has 0 saturated carbocycles. The van der Waals surface area contributed by atoms with Crippen LogP contribution in [0.3, 0.4) is 0 Å². The zero-order valence-corrected chi connectivity index (χ0v) is 20.9. The number of H-pyrrole nitrogens is 1. The number of hydrogen-bond acceptors (Lipinski definition) is 7. The Labute approximate surface area is 207 Å². The molecule has 2 atom stereocenters. The van der Waals surface area contributed by atoms with Gasteiger partial charge in [-0.15, -0.1) is 11.3 Å². The average molecular weight is 492 g/mol. The van der Waals surface area contributed by atoms with E-state index in [9.17, 15) is 9.59 Å². The molecule has 0 unspecified atom stereocenters. The molecule has 0 spiro atoms. The lowest BCUT2D eigenvalue weighted by atomic mass is 9.89. The van der Waals surface area contributed by atoms with Crippen LogP contribution in [0, 0.1) is 5.92 Å². The smallest absolute Gasteiger partial charge is 0.314 e. The summed E-state index contributed by atoms with van der Waals surface area (Å²) in [4.78, 5) is 39.2. The molecule has 4 heterocycles. The molecular formula is C25H29N7O2S. The van der Waals surface area contributed by atoms with Gasteiger partial charge in [0.25, 0.3) is 0 Å². The first-order valence-electron chi connectivity index (χ1n) is 11.8. The number of hydrogen-bond donors (Lipinski definition) is 2. The van der Waals surface area contributed by atoms with Gasteiger partial charge in [0.2, 0.25) is 0 Å². The lowest BCUT2D eigenvalue weighted by Crippen LogP contribution is -2.46. The molecule has 2 amide bonds. The Morgan fingerprint density at radius 1 is 1.23 bits per heavy atom. The van der Waals surface area contributed by atoms with Crippen LogP contribution in [-0.2, 0) is 16.0 Å². The minimum Gasteiger partial charge on any atom is -0.327 e. The molecular weight excluding hydrogens is 462 g/mol. The molecule has 9 nitrogen and oxygen atoms in total. The number of fused-ring (bicyclic) bond motifs is 2. The van der Waals surface area contributed by atoms with Crippen molar-refractivity contribution in [3.8, 4) is 0 Å². The van der Waals surface area contributed by atoms with Gasteiger partial charge in [-0.05, 0) is 50.6 Å². The molecule has 35 heavy (non-hydrogen) atoms. The number of aromatic amines is 1. The number of carbonyl (C=O) groups excluding carboxylic acids is 2. The Morgan fingerprint density at radius 3 is 2.91 bits per heavy atom. The monoisotopic (exact) mass is 491 g/mol. The van der Waals surface area contributed by atoms with Crippen molar-refractivity contribution in [3.63, 3.8) is 0 Å². The highest BCUT2D eigenvalue weighted by atomic mass is 32.1. The molecule has 1 aromatic carbocycles. The first kappa shape index (κ1) is 23.4. The SMILES string of the molecule is C[C@@H]1CC[C@@H](c2ccc3sc(CCN(C)C)nc3c2)N(C(=O)C(=O)Nc2cncc3cn[nH]c23)C1. The standard InChI is InChI=1S/C25H29N7O2S/c1-15-4-6-20(16-5-7-21-18(10-16)28-22(35-21)8-9-31(2)3)32(14-15)25(34)24(33)29-19-13-26-11-17-12-27-30-23(17)19/h5,7,10-13,15,20H,4,6,8-9,14H2,1-3H3,(H,27,30)(H,29,33)/t15-,20+/m1/s1. The van der Waals surface area contributed by atoms with E-state index in [0.29, 0.717) is 23.7 Å². The molecule has 5 rings (SSSR count). The average Bonchev–Trinajstić information content (AvgIpc) is 3.49. The summed E-state index contributed by atoms with van der Waals surface area (Å²) in [6.07, 6.45) is 7.51. The zero-order chi connectivity index (χ0) is 24.5. The van der Waals surface area contributed by atoms with Crippen LogP contribution in [0.4, 0.5) is 5.69 Å². The number of likely N-dealkylation sites (N-methyl/N-ethyl adjacent to an activating group) is 1. The van der Waals surface area contributed by atoms with E-state index in [-0.39, 0.29) is 6.04 Å². The van der Waals surface area contributed by atoms with Crippen LogP contribution in [0.1, 0.15) is 36.4 Å². The fourth-order valence-corrected chi connectivity index (χ4v) is 5.55. The van der Waals surface area contributed by atoms with Gasteiger partial charge < -0.3 is 15.1 Å². The van der Waals surface area contributed by atoms with E-state index in [4.69, 9.17) is 4.98 Å². The third kappa shape index (κ3) is 4.89. The summed E-state index contributed by atoms with van der Waals surface area (Å²) in [5.41, 5.74) is 3.05. The Hall–Kier alpha value is -3.37. The highest BCUT2D eigenvalue weighted by Gasteiger charge is 2.34. The van der Waals surface area contributed by atoms with Crippen LogP contribution in [0.15, 0.2) is 36.8 Å². The van der Waals surface area contributed by atoms with Crippen molar-refractivity contribution >= 4 is 50.0 Å². The van der Waals surface area contributed by atoms with Gasteiger partial charge in [0.1, 0.15) is 0 Å². The van der Waals surface area contributed by atoms with Crippen LogP contribution in [0.25, 0.3) is 21.1 Å². The third-order valence-corrected chi connectivity index (χ3v) is 7.59. The Morgan fingerprint density at radius 2 is 2.09 bits per heavy atom. The molecule has 10 heteroatoms. The van der Waals surface area contributed by atoms with Crippen molar-refractivity contribution in [1.82, 2.24) is 30.0 Å². The van der Waals surface area contributed by atoms with Gasteiger partial charge in [0.15, 0.2) is 0 Å². The molecule has 1 saturated heterocycles. The molecule has 0 bridgehead atoms. The maximum absolute atomic E-state index is 13.4. The summed E-state index contributed by atoms with van der Waals surface area (Å²) in [7, 11) is 4.12. The summed E-state index contributed by atoms with van der Waals surface area (Å²) in [6, 6.07) is 6.08. The number of nitrogens with zero attached hydrogens (tertiary/aromatic N) is 5. The van der Waals surface area contributed by atoms with Crippen LogP contribution in [0.2, 0.25) is 0 Å². The summed E-state index contributed by atoms with van der Waals surface area (Å²) in [6.45, 7) is 3.60. The minimum absolute atomic E-state index is 0.165. The number of likely N-dealkylation sites (tertiary alicyclic amines) is 1. The van der Waals surface area contributed by atoms with Crippen molar-refractivity contribution in [2.24, 2.45) is 5.92 Å². The molecule has 182 valence electrons. The Balaban J connectivity index is 1.38. The van der Waals surface area contributed by atoms with E-state index < -0.39 is 11.8 Å². The normalized spacial score (nSPS) is 18.5. The maximum Gasteiger partial charge on any atom is 0.314 e. The van der Waals surface area contributed by atoms with Crippen molar-refractivity contribution < 1.29 is 9.59 Å². The summed E-state index contributed by atoms with van der Waals surface area (Å²) in [5, 5.41) is 11.4. The fourth-order valence-electron chi connectivity index (χ4n) is 4.62. The predicted molar refractivity (Wildman–Crippen MR) is 137 cm³/mol. The van der Waals surface area contributed by atoms with Crippen LogP contribution in [0.5, 0.6) is 0 Å². The topological polar surface area (TPSA) is 107 Å². The number of benzene rings is 1. The molecule has 4 aromatic rings. The molecule has 1 aliphatic rings. The van der Waals surface area contributed by atoms with Crippen molar-refractivity contribution in [1.29, 1.82) is 0 Å². The van der Waals surface area contributed by atoms with Crippen LogP contribution >= 0.6 is 11.3 Å². The molecule has 2 N–H and O–H groups in total. The number of rotatable bonds is 5. The Kier molecular flexibility index (Phi) is 6.48. The number of amides is 2. The second-order valence-corrected chi connectivity index (χ2v) is 10.6. The van der Waals surface area contributed by atoms with E-state index in [2.05, 4.69) is 64.6 Å². The van der Waals surface area contributed by atoms with E-state index >= 15 is 0 Å². The third-order valence-electron chi connectivity index (χ3n) is 6.49. The van der Waals surface area contributed by atoms with Gasteiger partial charge in [-0.2, -0.15) is 5.10 Å². The molecule has 0 radical (unpaired) electrons. The lowest BCUT2D eigenvalue weighted by molar-refractivity contribution is -0.146. The molecule has 1 fully saturated rings. The minimum atomic E-state index is -0.672. The molecule has 1 aliphatic heterocycles. The van der Waals surface area contributed by atoms with Gasteiger partial charge in [0.05, 0.1) is 44.9 Å². The number of aromatic nitrogens is 4. The van der Waals surface area contributed by atoms with Crippen LogP contribution in [-0.4, -0.2) is 69.0 Å². The van der Waals surface area contributed by atoms with E-state index in [1.807, 2.05) is 0 Å². The first-order valence-corrected chi connectivity index (χ1v) is 12.6. The van der Waals surface area contributed by atoms with Crippen molar-refractivity contribution in [2.75, 3.05) is 32.5 Å². The number of nitrogens with one attached hydrogen (secondary N) is 2. The van der Waals surface area contributed by atoms with Crippen LogP contribution < -0.4 is 5.32 Å². The fraction of sp³-hybridized carbons (Fsp3) is 0.400. The number of carbonyl (C=O) groups is 2. The number of piperidine rings is 1. The highest BCUT2D eigenvalue weighted by Crippen LogP contribution is 2.35. The largest absolute Gasteiger partial charge is 0.327 e. The van der Waals surface area contributed by atoms with E-state index in [1.54, 1.807) is 28.6 Å². The van der Waals surface area contributed by atoms with Gasteiger partial charge in [-0.25, -0.2) is 4.98 Å². The van der Waals surface area contributed by atoms with Crippen molar-refractivity contribution in [2.45, 2.75) is 32.2 Å². The summed E-state index contributed by atoms with van der Waals surface area (Å²) in [5.74, 6) is -0.891. The van der Waals surface area contributed by atoms with Gasteiger partial charge in [0, 0.05) is 31.1 Å². The second kappa shape index (κ2) is 9.71. The van der Waals surface area contributed by atoms with Gasteiger partial charge in [-0.3, -0.25) is 19.7 Å². The lowest BCUT2D eigenvalue weighted by Gasteiger charge is -2.38. The Bertz CT molecular complexity index is 1380. The van der Waals surface area contributed by atoms with Crippen molar-refractivity contribution in [3.05, 3.63) is 47.4 Å². The predicted octanol–water partition coefficient (Wildman–Crippen LogP) is 3.61. The summed E-state index contributed by atoms with van der Waals surface area (Å²) >= 11 is 1.71. The maximum atomic E-state index is 13.4. The molecule has 0 aliphatic carbocycles. The van der Waals surface area contributed by atoms with Gasteiger partial charge in [-0.1, -0.05) is 13.0 Å². The highest BCUT2D eigenvalue weighted by molar-refractivity contribution is 7.18.